The molecule has 0 aromatic heterocycles. The second-order valence-electron chi connectivity index (χ2n) is 12.0. The molecule has 2 rings (SSSR count). The summed E-state index contributed by atoms with van der Waals surface area (Å²) in [6, 6.07) is 5.69. The molecule has 1 aromatic rings. The summed E-state index contributed by atoms with van der Waals surface area (Å²) in [6.07, 6.45) is 5.63. The van der Waals surface area contributed by atoms with Crippen molar-refractivity contribution in [2.24, 2.45) is 35.3 Å². The molecule has 1 fully saturated rings. The number of rotatable bonds is 19. The van der Waals surface area contributed by atoms with E-state index in [1.807, 2.05) is 6.07 Å². The molecule has 7 nitrogen and oxygen atoms in total. The molecule has 3 N–H and O–H groups in total. The van der Waals surface area contributed by atoms with E-state index in [2.05, 4.69) is 39.8 Å². The predicted molar refractivity (Wildman–Crippen MR) is 156 cm³/mol. The number of nitrogens with two attached hydrogens (primary N) is 1. The lowest BCUT2D eigenvalue weighted by molar-refractivity contribution is -0.126. The van der Waals surface area contributed by atoms with E-state index in [4.69, 9.17) is 24.7 Å². The zero-order chi connectivity index (χ0) is 28.8. The van der Waals surface area contributed by atoms with Gasteiger partial charge in [-0.25, -0.2) is 0 Å². The van der Waals surface area contributed by atoms with Crippen LogP contribution in [0.3, 0.4) is 0 Å². The predicted octanol–water partition coefficient (Wildman–Crippen LogP) is 5.44. The number of benzene rings is 1. The molecule has 0 radical (unpaired) electrons. The van der Waals surface area contributed by atoms with Crippen molar-refractivity contribution in [3.63, 3.8) is 0 Å². The topological polar surface area (TPSA) is 100 Å². The molecule has 224 valence electrons. The third-order valence-electron chi connectivity index (χ3n) is 8.34. The van der Waals surface area contributed by atoms with Crippen molar-refractivity contribution in [3.05, 3.63) is 23.8 Å². The molecule has 39 heavy (non-hydrogen) atoms. The zero-order valence-electron chi connectivity index (χ0n) is 25.3. The fourth-order valence-corrected chi connectivity index (χ4v) is 5.52. The van der Waals surface area contributed by atoms with Crippen molar-refractivity contribution in [2.75, 3.05) is 40.6 Å². The molecule has 0 saturated carbocycles. The lowest BCUT2D eigenvalue weighted by atomic mass is 9.79. The summed E-state index contributed by atoms with van der Waals surface area (Å²) in [5.74, 6) is 2.97. The fourth-order valence-electron chi connectivity index (χ4n) is 5.52. The van der Waals surface area contributed by atoms with Gasteiger partial charge in [-0.3, -0.25) is 4.79 Å². The lowest BCUT2D eigenvalue weighted by Gasteiger charge is -2.30. The van der Waals surface area contributed by atoms with Crippen molar-refractivity contribution < 1.29 is 28.8 Å². The van der Waals surface area contributed by atoms with Crippen LogP contribution in [0, 0.1) is 29.6 Å². The summed E-state index contributed by atoms with van der Waals surface area (Å²) >= 11 is 0. The van der Waals surface area contributed by atoms with Crippen molar-refractivity contribution in [2.45, 2.75) is 91.2 Å². The van der Waals surface area contributed by atoms with E-state index in [0.29, 0.717) is 50.1 Å². The minimum Gasteiger partial charge on any atom is -0.493 e. The van der Waals surface area contributed by atoms with E-state index in [0.717, 1.165) is 56.6 Å². The number of hydrogen-bond acceptors (Lipinski definition) is 7. The highest BCUT2D eigenvalue weighted by molar-refractivity contribution is 5.81. The summed E-state index contributed by atoms with van der Waals surface area (Å²) in [6.45, 7) is 11.4. The van der Waals surface area contributed by atoms with Gasteiger partial charge in [0.05, 0.1) is 19.8 Å². The first kappa shape index (κ1) is 33.5. The van der Waals surface area contributed by atoms with Gasteiger partial charge in [0, 0.05) is 51.7 Å². The molecular formula is C32H55NO6. The Kier molecular flexibility index (Phi) is 15.4. The first-order valence-electron chi connectivity index (χ1n) is 15.0. The number of carbonyl (C=O) groups excluding carboxylic acids is 1. The van der Waals surface area contributed by atoms with Gasteiger partial charge < -0.3 is 29.8 Å². The molecule has 0 amide bonds. The quantitative estimate of drug-likeness (QED) is 0.222. The van der Waals surface area contributed by atoms with Crippen LogP contribution in [0.1, 0.15) is 78.2 Å². The first-order valence-corrected chi connectivity index (χ1v) is 15.0. The van der Waals surface area contributed by atoms with Gasteiger partial charge in [-0.05, 0) is 79.9 Å². The number of methoxy groups -OCH3 is 2. The number of aliphatic hydroxyl groups excluding tert-OH is 1. The monoisotopic (exact) mass is 549 g/mol. The smallest absolute Gasteiger partial charge is 0.161 e. The molecule has 1 saturated heterocycles. The van der Waals surface area contributed by atoms with Crippen molar-refractivity contribution in [1.29, 1.82) is 0 Å². The van der Waals surface area contributed by atoms with Crippen molar-refractivity contribution >= 4 is 5.78 Å². The van der Waals surface area contributed by atoms with E-state index in [1.54, 1.807) is 14.2 Å². The Bertz CT molecular complexity index is 823. The molecule has 1 aliphatic rings. The fraction of sp³-hybridized carbons (Fsp3) is 0.781. The summed E-state index contributed by atoms with van der Waals surface area (Å²) < 4.78 is 22.0. The van der Waals surface area contributed by atoms with E-state index in [-0.39, 0.29) is 29.6 Å². The average molecular weight is 550 g/mol. The molecule has 1 heterocycles. The van der Waals surface area contributed by atoms with Gasteiger partial charge in [0.25, 0.3) is 0 Å². The zero-order valence-corrected chi connectivity index (χ0v) is 25.3. The van der Waals surface area contributed by atoms with Crippen LogP contribution in [0.4, 0.5) is 0 Å². The Morgan fingerprint density at radius 2 is 1.77 bits per heavy atom. The average Bonchev–Trinajstić information content (AvgIpc) is 2.92. The third-order valence-corrected chi connectivity index (χ3v) is 8.34. The Hall–Kier alpha value is -1.67. The summed E-state index contributed by atoms with van der Waals surface area (Å²) in [5.41, 5.74) is 7.74. The SMILES string of the molecule is COCCCOc1cc(C[C@@H](C[C@H](N)[C@@H](O)C[C@H](C(=O)CCC2CCOCC2)C(C)C)C(C)C)ccc1OC. The van der Waals surface area contributed by atoms with E-state index in [1.165, 1.54) is 0 Å². The summed E-state index contributed by atoms with van der Waals surface area (Å²) in [4.78, 5) is 13.1. The Morgan fingerprint density at radius 1 is 1.05 bits per heavy atom. The molecule has 4 atom stereocenters. The van der Waals surface area contributed by atoms with Crippen LogP contribution in [-0.2, 0) is 20.7 Å². The number of ether oxygens (including phenoxy) is 4. The van der Waals surface area contributed by atoms with E-state index >= 15 is 0 Å². The van der Waals surface area contributed by atoms with Crippen LogP contribution in [0.2, 0.25) is 0 Å². The third kappa shape index (κ3) is 11.8. The highest BCUT2D eigenvalue weighted by Gasteiger charge is 2.30. The molecule has 1 aromatic carbocycles. The van der Waals surface area contributed by atoms with Gasteiger partial charge in [0.15, 0.2) is 11.5 Å². The molecular weight excluding hydrogens is 494 g/mol. The molecule has 0 unspecified atom stereocenters. The first-order chi connectivity index (χ1) is 18.7. The van der Waals surface area contributed by atoms with Gasteiger partial charge in [0.1, 0.15) is 5.78 Å². The van der Waals surface area contributed by atoms with Crippen LogP contribution >= 0.6 is 0 Å². The van der Waals surface area contributed by atoms with Crippen molar-refractivity contribution in [3.8, 4) is 11.5 Å². The van der Waals surface area contributed by atoms with Crippen molar-refractivity contribution in [1.82, 2.24) is 0 Å². The maximum Gasteiger partial charge on any atom is 0.161 e. The number of ketones is 1. The maximum absolute atomic E-state index is 13.1. The standard InChI is InChI=1S/C32H55NO6/c1-22(2)26(18-25-9-11-31(37-6)32(19-25)39-15-7-14-36-5)20-28(33)30(35)21-27(23(3)4)29(34)10-8-24-12-16-38-17-13-24/h9,11,19,22-24,26-28,30,35H,7-8,10,12-18,20-21,33H2,1-6H3/t26-,27-,28-,30-/m0/s1. The van der Waals surface area contributed by atoms with Crippen LogP contribution in [0.15, 0.2) is 18.2 Å². The Labute approximate surface area is 237 Å². The molecule has 7 heteroatoms. The van der Waals surface area contributed by atoms with Crippen LogP contribution < -0.4 is 15.2 Å². The van der Waals surface area contributed by atoms with E-state index in [9.17, 15) is 9.90 Å². The molecule has 0 spiro atoms. The maximum atomic E-state index is 13.1. The van der Waals surface area contributed by atoms with Gasteiger partial charge in [-0.2, -0.15) is 0 Å². The Balaban J connectivity index is 1.97. The van der Waals surface area contributed by atoms with Gasteiger partial charge in [-0.1, -0.05) is 33.8 Å². The highest BCUT2D eigenvalue weighted by Crippen LogP contribution is 2.32. The molecule has 0 aliphatic carbocycles. The Morgan fingerprint density at radius 3 is 2.38 bits per heavy atom. The largest absolute Gasteiger partial charge is 0.493 e. The number of carbonyl (C=O) groups is 1. The molecule has 1 aliphatic heterocycles. The van der Waals surface area contributed by atoms with Gasteiger partial charge in [0.2, 0.25) is 0 Å². The van der Waals surface area contributed by atoms with Crippen LogP contribution in [0.5, 0.6) is 11.5 Å². The number of hydrogen-bond donors (Lipinski definition) is 2. The highest BCUT2D eigenvalue weighted by atomic mass is 16.5. The van der Waals surface area contributed by atoms with Crippen LogP contribution in [-0.4, -0.2) is 63.7 Å². The summed E-state index contributed by atoms with van der Waals surface area (Å²) in [5, 5.41) is 11.1. The van der Waals surface area contributed by atoms with Crippen LogP contribution in [0.25, 0.3) is 0 Å². The number of Topliss-reactive ketones (excluding diaryl/α,β-unsaturated/α-hetero) is 1. The summed E-state index contributed by atoms with van der Waals surface area (Å²) in [7, 11) is 3.33. The second kappa shape index (κ2) is 17.9. The molecule has 0 bridgehead atoms. The minimum absolute atomic E-state index is 0.164. The second-order valence-corrected chi connectivity index (χ2v) is 12.0. The van der Waals surface area contributed by atoms with Gasteiger partial charge >= 0.3 is 0 Å². The van der Waals surface area contributed by atoms with Gasteiger partial charge in [-0.15, -0.1) is 0 Å². The normalized spacial score (nSPS) is 17.7. The number of aliphatic hydroxyl groups is 1. The lowest BCUT2D eigenvalue weighted by Crippen LogP contribution is -2.40. The van der Waals surface area contributed by atoms with E-state index < -0.39 is 6.10 Å². The minimum atomic E-state index is -0.707.